The number of carboxylic acid groups (broad SMARTS) is 1. The van der Waals surface area contributed by atoms with E-state index in [1.807, 2.05) is 6.07 Å². The Hall–Kier alpha value is -1.81. The van der Waals surface area contributed by atoms with Gasteiger partial charge in [0.1, 0.15) is 0 Å². The summed E-state index contributed by atoms with van der Waals surface area (Å²) in [5, 5.41) is 9.60. The molecule has 16 heavy (non-hydrogen) atoms. The summed E-state index contributed by atoms with van der Waals surface area (Å²) in [6.45, 7) is 0. The molecule has 0 spiro atoms. The molecular formula is C12H14N2O2. The van der Waals surface area contributed by atoms with Crippen molar-refractivity contribution in [3.8, 4) is 0 Å². The Balaban J connectivity index is 0.000000203. The summed E-state index contributed by atoms with van der Waals surface area (Å²) in [5.41, 5.74) is 6.50. The molecule has 1 fully saturated rings. The molecule has 1 aliphatic carbocycles. The summed E-state index contributed by atoms with van der Waals surface area (Å²) in [6, 6.07) is 7.43. The zero-order valence-electron chi connectivity index (χ0n) is 8.81. The second-order valence-corrected chi connectivity index (χ2v) is 3.92. The van der Waals surface area contributed by atoms with Gasteiger partial charge in [0.2, 0.25) is 0 Å². The predicted molar refractivity (Wildman–Crippen MR) is 62.5 cm³/mol. The highest BCUT2D eigenvalue weighted by Gasteiger charge is 2.13. The average molecular weight is 218 g/mol. The summed E-state index contributed by atoms with van der Waals surface area (Å²) in [4.78, 5) is 13.5. The minimum absolute atomic E-state index is 0.321. The van der Waals surface area contributed by atoms with Gasteiger partial charge in [0.05, 0.1) is 5.56 Å². The maximum absolute atomic E-state index is 10.6. The van der Waals surface area contributed by atoms with Gasteiger partial charge in [0.15, 0.2) is 0 Å². The van der Waals surface area contributed by atoms with E-state index in [1.165, 1.54) is 12.8 Å². The van der Waals surface area contributed by atoms with E-state index in [2.05, 4.69) is 4.98 Å². The molecule has 0 aliphatic heterocycles. The number of nitrogens with one attached hydrogen (secondary N) is 1. The van der Waals surface area contributed by atoms with Gasteiger partial charge in [-0.25, -0.2) is 4.79 Å². The quantitative estimate of drug-likeness (QED) is 0.684. The third-order valence-corrected chi connectivity index (χ3v) is 2.42. The molecule has 0 bridgehead atoms. The predicted octanol–water partition coefficient (Wildman–Crippen LogP) is 1.97. The first-order valence-corrected chi connectivity index (χ1v) is 5.23. The maximum Gasteiger partial charge on any atom is 0.335 e. The highest BCUT2D eigenvalue weighted by molar-refractivity contribution is 5.93. The number of carboxylic acids is 1. The lowest BCUT2D eigenvalue weighted by atomic mass is 10.1. The Kier molecular flexibility index (Phi) is 2.92. The Labute approximate surface area is 93.1 Å². The van der Waals surface area contributed by atoms with Crippen molar-refractivity contribution in [2.24, 2.45) is 5.73 Å². The molecule has 2 aromatic rings. The van der Waals surface area contributed by atoms with Crippen molar-refractivity contribution >= 4 is 16.9 Å². The second-order valence-electron chi connectivity index (χ2n) is 3.92. The summed E-state index contributed by atoms with van der Waals surface area (Å²) < 4.78 is 0. The number of aromatic nitrogens is 1. The molecule has 0 radical (unpaired) electrons. The van der Waals surface area contributed by atoms with Crippen molar-refractivity contribution in [1.29, 1.82) is 0 Å². The average Bonchev–Trinajstić information content (AvgIpc) is 2.91. The third-order valence-electron chi connectivity index (χ3n) is 2.42. The van der Waals surface area contributed by atoms with Gasteiger partial charge < -0.3 is 15.8 Å². The number of fused-ring (bicyclic) bond motifs is 1. The largest absolute Gasteiger partial charge is 0.478 e. The summed E-state index contributed by atoms with van der Waals surface area (Å²) in [6.07, 6.45) is 4.32. The van der Waals surface area contributed by atoms with Crippen molar-refractivity contribution in [3.05, 3.63) is 36.0 Å². The fourth-order valence-corrected chi connectivity index (χ4v) is 1.28. The van der Waals surface area contributed by atoms with Gasteiger partial charge in [0, 0.05) is 23.1 Å². The van der Waals surface area contributed by atoms with Crippen molar-refractivity contribution in [2.45, 2.75) is 18.9 Å². The fourth-order valence-electron chi connectivity index (χ4n) is 1.28. The lowest BCUT2D eigenvalue weighted by Gasteiger charge is -1.93. The molecule has 0 unspecified atom stereocenters. The van der Waals surface area contributed by atoms with Crippen LogP contribution in [0.1, 0.15) is 23.2 Å². The van der Waals surface area contributed by atoms with Crippen LogP contribution in [0.15, 0.2) is 30.5 Å². The number of aromatic amines is 1. The highest BCUT2D eigenvalue weighted by atomic mass is 16.4. The molecule has 1 saturated carbocycles. The van der Waals surface area contributed by atoms with Crippen LogP contribution in [0.2, 0.25) is 0 Å². The number of nitrogens with two attached hydrogens (primary N) is 1. The molecule has 4 heteroatoms. The van der Waals surface area contributed by atoms with Gasteiger partial charge in [-0.2, -0.15) is 0 Å². The first-order valence-electron chi connectivity index (χ1n) is 5.23. The van der Waals surface area contributed by atoms with E-state index in [0.717, 1.165) is 10.9 Å². The summed E-state index contributed by atoms with van der Waals surface area (Å²) in [5.74, 6) is -0.891. The van der Waals surface area contributed by atoms with Gasteiger partial charge in [0.25, 0.3) is 0 Å². The van der Waals surface area contributed by atoms with Crippen LogP contribution in [0.3, 0.4) is 0 Å². The SMILES string of the molecule is NC1CC1.O=C(O)c1ccc2[nH]ccc2c1. The number of carbonyl (C=O) groups is 1. The Bertz CT molecular complexity index is 500. The number of H-pyrrole nitrogens is 1. The Morgan fingerprint density at radius 2 is 2.06 bits per heavy atom. The molecule has 0 atom stereocenters. The minimum atomic E-state index is -0.891. The van der Waals surface area contributed by atoms with Crippen LogP contribution in [0, 0.1) is 0 Å². The van der Waals surface area contributed by atoms with Crippen LogP contribution in [-0.2, 0) is 0 Å². The molecule has 1 aromatic carbocycles. The third kappa shape index (κ3) is 2.61. The zero-order chi connectivity index (χ0) is 11.5. The Morgan fingerprint density at radius 3 is 2.62 bits per heavy atom. The lowest BCUT2D eigenvalue weighted by molar-refractivity contribution is 0.0697. The van der Waals surface area contributed by atoms with Crippen LogP contribution < -0.4 is 5.73 Å². The number of hydrogen-bond acceptors (Lipinski definition) is 2. The molecule has 4 N–H and O–H groups in total. The van der Waals surface area contributed by atoms with Gasteiger partial charge >= 0.3 is 5.97 Å². The summed E-state index contributed by atoms with van der Waals surface area (Å²) >= 11 is 0. The van der Waals surface area contributed by atoms with Gasteiger partial charge in [-0.1, -0.05) is 0 Å². The van der Waals surface area contributed by atoms with E-state index in [9.17, 15) is 4.79 Å². The molecule has 0 saturated heterocycles. The Morgan fingerprint density at radius 1 is 1.38 bits per heavy atom. The molecular weight excluding hydrogens is 204 g/mol. The normalized spacial score (nSPS) is 14.3. The molecule has 0 amide bonds. The van der Waals surface area contributed by atoms with Crippen LogP contribution in [-0.4, -0.2) is 22.1 Å². The highest BCUT2D eigenvalue weighted by Crippen LogP contribution is 2.14. The number of benzene rings is 1. The van der Waals surface area contributed by atoms with Crippen molar-refractivity contribution in [2.75, 3.05) is 0 Å². The van der Waals surface area contributed by atoms with E-state index in [0.29, 0.717) is 11.6 Å². The van der Waals surface area contributed by atoms with Crippen LogP contribution in [0.25, 0.3) is 10.9 Å². The second kappa shape index (κ2) is 4.37. The molecule has 1 aliphatic rings. The van der Waals surface area contributed by atoms with Gasteiger partial charge in [-0.05, 0) is 37.1 Å². The molecule has 4 nitrogen and oxygen atoms in total. The minimum Gasteiger partial charge on any atom is -0.478 e. The molecule has 1 aromatic heterocycles. The fraction of sp³-hybridized carbons (Fsp3) is 0.250. The smallest absolute Gasteiger partial charge is 0.335 e. The summed E-state index contributed by atoms with van der Waals surface area (Å²) in [7, 11) is 0. The zero-order valence-corrected chi connectivity index (χ0v) is 8.81. The van der Waals surface area contributed by atoms with Crippen LogP contribution >= 0.6 is 0 Å². The van der Waals surface area contributed by atoms with E-state index < -0.39 is 5.97 Å². The molecule has 84 valence electrons. The van der Waals surface area contributed by atoms with Crippen LogP contribution in [0.5, 0.6) is 0 Å². The molecule has 3 rings (SSSR count). The van der Waals surface area contributed by atoms with Crippen LogP contribution in [0.4, 0.5) is 0 Å². The standard InChI is InChI=1S/C9H7NO2.C3H7N/c11-9(12)7-1-2-8-6(5-7)3-4-10-8;4-3-1-2-3/h1-5,10H,(H,11,12);3H,1-2,4H2. The van der Waals surface area contributed by atoms with Crippen molar-refractivity contribution < 1.29 is 9.90 Å². The van der Waals surface area contributed by atoms with E-state index in [-0.39, 0.29) is 0 Å². The molecule has 1 heterocycles. The lowest BCUT2D eigenvalue weighted by Crippen LogP contribution is -1.94. The topological polar surface area (TPSA) is 79.1 Å². The van der Waals surface area contributed by atoms with Gasteiger partial charge in [-0.3, -0.25) is 0 Å². The monoisotopic (exact) mass is 218 g/mol. The number of rotatable bonds is 1. The van der Waals surface area contributed by atoms with E-state index in [1.54, 1.807) is 24.4 Å². The number of hydrogen-bond donors (Lipinski definition) is 3. The first kappa shape index (κ1) is 10.7. The van der Waals surface area contributed by atoms with E-state index in [4.69, 9.17) is 10.8 Å². The first-order chi connectivity index (χ1) is 7.66. The van der Waals surface area contributed by atoms with Gasteiger partial charge in [-0.15, -0.1) is 0 Å². The van der Waals surface area contributed by atoms with E-state index >= 15 is 0 Å². The van der Waals surface area contributed by atoms with Crippen molar-refractivity contribution in [3.63, 3.8) is 0 Å². The maximum atomic E-state index is 10.6. The number of aromatic carboxylic acids is 1. The van der Waals surface area contributed by atoms with Crippen molar-refractivity contribution in [1.82, 2.24) is 4.98 Å².